The molecule has 0 radical (unpaired) electrons. The molecule has 29 heavy (non-hydrogen) atoms. The van der Waals surface area contributed by atoms with Crippen LogP contribution in [-0.2, 0) is 4.79 Å². The number of nitrogens with zero attached hydrogens (tertiary/aromatic N) is 1. The fourth-order valence-electron chi connectivity index (χ4n) is 2.64. The molecule has 0 saturated carbocycles. The Hall–Kier alpha value is -3.49. The van der Waals surface area contributed by atoms with E-state index in [1.54, 1.807) is 30.3 Å². The Bertz CT molecular complexity index is 1020. The van der Waals surface area contributed by atoms with Crippen LogP contribution in [0.1, 0.15) is 36.5 Å². The lowest BCUT2D eigenvalue weighted by Crippen LogP contribution is -2.32. The lowest BCUT2D eigenvalue weighted by molar-refractivity contribution is -0.115. The molecule has 1 aromatic heterocycles. The van der Waals surface area contributed by atoms with Gasteiger partial charge in [-0.25, -0.2) is 13.8 Å². The highest BCUT2D eigenvalue weighted by molar-refractivity contribution is 6.00. The van der Waals surface area contributed by atoms with Gasteiger partial charge in [0.25, 0.3) is 12.3 Å². The van der Waals surface area contributed by atoms with Gasteiger partial charge in [0.15, 0.2) is 5.82 Å². The number of fused-ring (bicyclic) bond motifs is 1. The molecule has 0 aliphatic rings. The largest absolute Gasteiger partial charge is 0.491 e. The molecule has 0 aliphatic heterocycles. The molecule has 9 heteroatoms. The summed E-state index contributed by atoms with van der Waals surface area (Å²) in [6.45, 7) is 3.56. The van der Waals surface area contributed by atoms with Crippen LogP contribution in [0.4, 0.5) is 14.5 Å². The lowest BCUT2D eigenvalue weighted by atomic mass is 10.2. The van der Waals surface area contributed by atoms with Gasteiger partial charge in [-0.05, 0) is 56.3 Å². The van der Waals surface area contributed by atoms with E-state index >= 15 is 0 Å². The Morgan fingerprint density at radius 1 is 1.14 bits per heavy atom. The maximum absolute atomic E-state index is 12.7. The SMILES string of the molecule is CC(C)Oc1ccc(C(=O)NCC(=O)Nc2ccc3nc(C(F)F)[nH]c3c2)cc1. The number of amides is 2. The topological polar surface area (TPSA) is 96.1 Å². The van der Waals surface area contributed by atoms with Crippen molar-refractivity contribution in [1.82, 2.24) is 15.3 Å². The number of rotatable bonds is 7. The van der Waals surface area contributed by atoms with Gasteiger partial charge in [-0.2, -0.15) is 0 Å². The number of carbonyl (C=O) groups is 2. The van der Waals surface area contributed by atoms with E-state index in [9.17, 15) is 18.4 Å². The van der Waals surface area contributed by atoms with Gasteiger partial charge in [0.2, 0.25) is 5.91 Å². The molecular formula is C20H20F2N4O3. The number of hydrogen-bond acceptors (Lipinski definition) is 4. The first-order valence-electron chi connectivity index (χ1n) is 8.94. The van der Waals surface area contributed by atoms with E-state index in [4.69, 9.17) is 4.74 Å². The molecule has 0 atom stereocenters. The quantitative estimate of drug-likeness (QED) is 0.562. The number of aromatic amines is 1. The molecule has 7 nitrogen and oxygen atoms in total. The average Bonchev–Trinajstić information content (AvgIpc) is 3.10. The second-order valence-corrected chi connectivity index (χ2v) is 6.58. The summed E-state index contributed by atoms with van der Waals surface area (Å²) in [5.74, 6) is -0.632. The molecule has 0 spiro atoms. The predicted octanol–water partition coefficient (Wildman–Crippen LogP) is 3.66. The number of ether oxygens (including phenoxy) is 1. The molecule has 0 saturated heterocycles. The summed E-state index contributed by atoms with van der Waals surface area (Å²) in [6, 6.07) is 11.2. The van der Waals surface area contributed by atoms with Crippen LogP contribution in [-0.4, -0.2) is 34.4 Å². The number of H-pyrrole nitrogens is 1. The van der Waals surface area contributed by atoms with Crippen LogP contribution >= 0.6 is 0 Å². The van der Waals surface area contributed by atoms with Crippen molar-refractivity contribution in [3.63, 3.8) is 0 Å². The molecule has 3 rings (SSSR count). The number of carbonyl (C=O) groups excluding carboxylic acids is 2. The normalized spacial score (nSPS) is 11.1. The first-order valence-corrected chi connectivity index (χ1v) is 8.94. The zero-order chi connectivity index (χ0) is 21.0. The third-order valence-corrected chi connectivity index (χ3v) is 3.89. The smallest absolute Gasteiger partial charge is 0.295 e. The molecular weight excluding hydrogens is 382 g/mol. The zero-order valence-corrected chi connectivity index (χ0v) is 15.8. The number of halogens is 2. The van der Waals surface area contributed by atoms with Gasteiger partial charge in [-0.1, -0.05) is 0 Å². The minimum absolute atomic E-state index is 0.0290. The monoisotopic (exact) mass is 402 g/mol. The molecule has 0 bridgehead atoms. The van der Waals surface area contributed by atoms with E-state index in [1.807, 2.05) is 13.8 Å². The van der Waals surface area contributed by atoms with Crippen molar-refractivity contribution in [1.29, 1.82) is 0 Å². The van der Waals surface area contributed by atoms with Gasteiger partial charge in [0, 0.05) is 11.3 Å². The predicted molar refractivity (Wildman–Crippen MR) is 104 cm³/mol. The summed E-state index contributed by atoms with van der Waals surface area (Å²) < 4.78 is 30.9. The van der Waals surface area contributed by atoms with E-state index < -0.39 is 24.1 Å². The van der Waals surface area contributed by atoms with E-state index in [0.29, 0.717) is 28.0 Å². The molecule has 0 unspecified atom stereocenters. The van der Waals surface area contributed by atoms with Crippen LogP contribution in [0.5, 0.6) is 5.75 Å². The summed E-state index contributed by atoms with van der Waals surface area (Å²) in [7, 11) is 0. The fraction of sp³-hybridized carbons (Fsp3) is 0.250. The number of benzene rings is 2. The van der Waals surface area contributed by atoms with Crippen molar-refractivity contribution >= 4 is 28.5 Å². The molecule has 2 aromatic carbocycles. The highest BCUT2D eigenvalue weighted by Crippen LogP contribution is 2.22. The van der Waals surface area contributed by atoms with Gasteiger partial charge in [-0.15, -0.1) is 0 Å². The van der Waals surface area contributed by atoms with E-state index in [1.165, 1.54) is 12.1 Å². The molecule has 1 heterocycles. The van der Waals surface area contributed by atoms with Gasteiger partial charge in [0.1, 0.15) is 5.75 Å². The summed E-state index contributed by atoms with van der Waals surface area (Å²) >= 11 is 0. The lowest BCUT2D eigenvalue weighted by Gasteiger charge is -2.10. The summed E-state index contributed by atoms with van der Waals surface area (Å²) in [5, 5.41) is 5.13. The van der Waals surface area contributed by atoms with Gasteiger partial charge >= 0.3 is 0 Å². The first kappa shape index (κ1) is 20.2. The molecule has 152 valence electrons. The maximum atomic E-state index is 12.7. The van der Waals surface area contributed by atoms with Gasteiger partial charge < -0.3 is 20.4 Å². The van der Waals surface area contributed by atoms with E-state index in [-0.39, 0.29) is 12.6 Å². The van der Waals surface area contributed by atoms with Crippen molar-refractivity contribution < 1.29 is 23.1 Å². The van der Waals surface area contributed by atoms with Crippen LogP contribution in [0.2, 0.25) is 0 Å². The molecule has 3 N–H and O–H groups in total. The molecule has 3 aromatic rings. The number of alkyl halides is 2. The summed E-state index contributed by atoms with van der Waals surface area (Å²) in [4.78, 5) is 30.5. The number of hydrogen-bond donors (Lipinski definition) is 3. The average molecular weight is 402 g/mol. The van der Waals surface area contributed by atoms with Crippen molar-refractivity contribution in [2.75, 3.05) is 11.9 Å². The van der Waals surface area contributed by atoms with Gasteiger partial charge in [-0.3, -0.25) is 9.59 Å². The number of imidazole rings is 1. The maximum Gasteiger partial charge on any atom is 0.295 e. The fourth-order valence-corrected chi connectivity index (χ4v) is 2.64. The number of aromatic nitrogens is 2. The Morgan fingerprint density at radius 3 is 2.52 bits per heavy atom. The molecule has 0 aliphatic carbocycles. The minimum Gasteiger partial charge on any atom is -0.491 e. The second-order valence-electron chi connectivity index (χ2n) is 6.58. The Kier molecular flexibility index (Phi) is 6.06. The Balaban J connectivity index is 1.55. The third kappa shape index (κ3) is 5.28. The summed E-state index contributed by atoms with van der Waals surface area (Å²) in [5.41, 5.74) is 1.55. The van der Waals surface area contributed by atoms with E-state index in [0.717, 1.165) is 0 Å². The second kappa shape index (κ2) is 8.68. The first-order chi connectivity index (χ1) is 13.8. The zero-order valence-electron chi connectivity index (χ0n) is 15.8. The van der Waals surface area contributed by atoms with Gasteiger partial charge in [0.05, 0.1) is 23.7 Å². The van der Waals surface area contributed by atoms with Crippen LogP contribution in [0.15, 0.2) is 42.5 Å². The summed E-state index contributed by atoms with van der Waals surface area (Å²) in [6.07, 6.45) is -2.68. The third-order valence-electron chi connectivity index (χ3n) is 3.89. The number of nitrogens with one attached hydrogen (secondary N) is 3. The van der Waals surface area contributed by atoms with Crippen molar-refractivity contribution in [2.24, 2.45) is 0 Å². The van der Waals surface area contributed by atoms with Crippen LogP contribution in [0.25, 0.3) is 11.0 Å². The number of anilines is 1. The Labute approximate surface area is 165 Å². The van der Waals surface area contributed by atoms with E-state index in [2.05, 4.69) is 20.6 Å². The van der Waals surface area contributed by atoms with Crippen molar-refractivity contribution in [3.8, 4) is 5.75 Å². The van der Waals surface area contributed by atoms with Crippen molar-refractivity contribution in [3.05, 3.63) is 53.9 Å². The van der Waals surface area contributed by atoms with Crippen LogP contribution in [0, 0.1) is 0 Å². The molecule has 0 fully saturated rings. The van der Waals surface area contributed by atoms with Crippen molar-refractivity contribution in [2.45, 2.75) is 26.4 Å². The minimum atomic E-state index is -2.71. The molecule has 2 amide bonds. The highest BCUT2D eigenvalue weighted by Gasteiger charge is 2.13. The van der Waals surface area contributed by atoms with Crippen LogP contribution in [0.3, 0.4) is 0 Å². The van der Waals surface area contributed by atoms with Crippen LogP contribution < -0.4 is 15.4 Å². The highest BCUT2D eigenvalue weighted by atomic mass is 19.3. The standard InChI is InChI=1S/C20H20F2N4O3/c1-11(2)29-14-6-3-12(4-7-14)20(28)23-10-17(27)24-13-5-8-15-16(9-13)26-19(25-15)18(21)22/h3-9,11,18H,10H2,1-2H3,(H,23,28)(H,24,27)(H,25,26). The Morgan fingerprint density at radius 2 is 1.86 bits per heavy atom.